The van der Waals surface area contributed by atoms with E-state index in [1.165, 1.54) is 83.8 Å². The Morgan fingerprint density at radius 2 is 1.68 bits per heavy atom. The van der Waals surface area contributed by atoms with Crippen molar-refractivity contribution in [1.29, 1.82) is 0 Å². The Morgan fingerprint density at radius 3 is 2.42 bits per heavy atom. The summed E-state index contributed by atoms with van der Waals surface area (Å²) in [6.45, 7) is 6.34. The van der Waals surface area contributed by atoms with E-state index in [4.69, 9.17) is 0 Å². The van der Waals surface area contributed by atoms with Gasteiger partial charge < -0.3 is 5.32 Å². The van der Waals surface area contributed by atoms with Gasteiger partial charge in [0.05, 0.1) is 0 Å². The van der Waals surface area contributed by atoms with Crippen LogP contribution in [0.4, 0.5) is 0 Å². The molecule has 2 saturated carbocycles. The van der Waals surface area contributed by atoms with Gasteiger partial charge in [0.2, 0.25) is 0 Å². The second kappa shape index (κ2) is 6.13. The zero-order valence-corrected chi connectivity index (χ0v) is 12.8. The molecule has 2 nitrogen and oxygen atoms in total. The zero-order valence-electron chi connectivity index (χ0n) is 12.8. The Hall–Kier alpha value is -0.0800. The second-order valence-corrected chi connectivity index (χ2v) is 7.50. The summed E-state index contributed by atoms with van der Waals surface area (Å²) < 4.78 is 0. The minimum absolute atomic E-state index is 0.486. The minimum atomic E-state index is 0.486. The van der Waals surface area contributed by atoms with E-state index in [0.29, 0.717) is 5.54 Å². The van der Waals surface area contributed by atoms with Crippen molar-refractivity contribution < 1.29 is 0 Å². The van der Waals surface area contributed by atoms with Gasteiger partial charge in [-0.3, -0.25) is 4.90 Å². The molecule has 0 amide bonds. The SMILES string of the molecule is CC1CNC2(CCCCC2)CN1CC1CCCCC1. The molecule has 19 heavy (non-hydrogen) atoms. The molecular weight excluding hydrogens is 232 g/mol. The normalized spacial score (nSPS) is 33.6. The fourth-order valence-electron chi connectivity index (χ4n) is 4.60. The van der Waals surface area contributed by atoms with Crippen molar-refractivity contribution in [1.82, 2.24) is 10.2 Å². The first-order chi connectivity index (χ1) is 9.27. The van der Waals surface area contributed by atoms with Crippen LogP contribution in [0, 0.1) is 5.92 Å². The molecule has 1 spiro atoms. The average molecular weight is 264 g/mol. The minimum Gasteiger partial charge on any atom is -0.308 e. The van der Waals surface area contributed by atoms with Gasteiger partial charge in [-0.1, -0.05) is 38.5 Å². The molecule has 0 bridgehead atoms. The average Bonchev–Trinajstić information content (AvgIpc) is 2.45. The van der Waals surface area contributed by atoms with Crippen LogP contribution in [0.3, 0.4) is 0 Å². The number of rotatable bonds is 2. The molecule has 1 unspecified atom stereocenters. The van der Waals surface area contributed by atoms with Gasteiger partial charge >= 0.3 is 0 Å². The maximum atomic E-state index is 3.91. The Bertz CT molecular complexity index is 277. The number of piperazine rings is 1. The van der Waals surface area contributed by atoms with E-state index in [9.17, 15) is 0 Å². The van der Waals surface area contributed by atoms with Crippen LogP contribution < -0.4 is 5.32 Å². The lowest BCUT2D eigenvalue weighted by atomic mass is 9.79. The van der Waals surface area contributed by atoms with Crippen LogP contribution in [-0.4, -0.2) is 36.1 Å². The molecule has 1 saturated heterocycles. The highest BCUT2D eigenvalue weighted by molar-refractivity contribution is 4.99. The van der Waals surface area contributed by atoms with E-state index >= 15 is 0 Å². The van der Waals surface area contributed by atoms with Crippen LogP contribution >= 0.6 is 0 Å². The molecule has 0 aromatic heterocycles. The summed E-state index contributed by atoms with van der Waals surface area (Å²) in [7, 11) is 0. The first-order valence-corrected chi connectivity index (χ1v) is 8.77. The number of hydrogen-bond acceptors (Lipinski definition) is 2. The molecule has 3 rings (SSSR count). The standard InChI is InChI=1S/C17H32N2/c1-15-12-18-17(10-6-3-7-11-17)14-19(15)13-16-8-4-2-5-9-16/h15-16,18H,2-14H2,1H3. The highest BCUT2D eigenvalue weighted by Crippen LogP contribution is 2.33. The molecule has 1 heterocycles. The summed E-state index contributed by atoms with van der Waals surface area (Å²) in [6, 6.07) is 0.745. The fourth-order valence-corrected chi connectivity index (χ4v) is 4.60. The van der Waals surface area contributed by atoms with E-state index in [-0.39, 0.29) is 0 Å². The fraction of sp³-hybridized carbons (Fsp3) is 1.00. The van der Waals surface area contributed by atoms with Gasteiger partial charge in [0.15, 0.2) is 0 Å². The van der Waals surface area contributed by atoms with Crippen molar-refractivity contribution >= 4 is 0 Å². The topological polar surface area (TPSA) is 15.3 Å². The van der Waals surface area contributed by atoms with Crippen molar-refractivity contribution in [3.8, 4) is 0 Å². The third-order valence-electron chi connectivity index (χ3n) is 5.93. The van der Waals surface area contributed by atoms with Crippen LogP contribution in [0.25, 0.3) is 0 Å². The molecule has 1 atom stereocenters. The highest BCUT2D eigenvalue weighted by Gasteiger charge is 2.39. The van der Waals surface area contributed by atoms with Crippen LogP contribution in [0.1, 0.15) is 71.1 Å². The van der Waals surface area contributed by atoms with Crippen LogP contribution in [0.5, 0.6) is 0 Å². The molecule has 3 fully saturated rings. The number of hydrogen-bond donors (Lipinski definition) is 1. The van der Waals surface area contributed by atoms with Gasteiger partial charge in [-0.2, -0.15) is 0 Å². The molecule has 2 heteroatoms. The van der Waals surface area contributed by atoms with Gasteiger partial charge in [0.25, 0.3) is 0 Å². The maximum absolute atomic E-state index is 3.91. The van der Waals surface area contributed by atoms with E-state index in [0.717, 1.165) is 12.0 Å². The molecule has 0 aromatic rings. The summed E-state index contributed by atoms with van der Waals surface area (Å²) in [5, 5.41) is 3.91. The Kier molecular flexibility index (Phi) is 4.48. The Labute approximate surface area is 119 Å². The summed E-state index contributed by atoms with van der Waals surface area (Å²) in [5.74, 6) is 0.995. The van der Waals surface area contributed by atoms with Crippen LogP contribution in [0.15, 0.2) is 0 Å². The van der Waals surface area contributed by atoms with Gasteiger partial charge in [-0.15, -0.1) is 0 Å². The van der Waals surface area contributed by atoms with Crippen molar-refractivity contribution in [2.24, 2.45) is 5.92 Å². The maximum Gasteiger partial charge on any atom is 0.0309 e. The predicted octanol–water partition coefficient (Wildman–Crippen LogP) is 3.56. The molecule has 3 aliphatic rings. The first kappa shape index (κ1) is 13.9. The first-order valence-electron chi connectivity index (χ1n) is 8.77. The lowest BCUT2D eigenvalue weighted by molar-refractivity contribution is 0.0464. The summed E-state index contributed by atoms with van der Waals surface area (Å²) >= 11 is 0. The van der Waals surface area contributed by atoms with Crippen LogP contribution in [0.2, 0.25) is 0 Å². The van der Waals surface area contributed by atoms with E-state index in [1.54, 1.807) is 0 Å². The highest BCUT2D eigenvalue weighted by atomic mass is 15.3. The molecule has 0 aromatic carbocycles. The van der Waals surface area contributed by atoms with Gasteiger partial charge in [0.1, 0.15) is 0 Å². The lowest BCUT2D eigenvalue weighted by Crippen LogP contribution is -2.64. The van der Waals surface area contributed by atoms with E-state index in [2.05, 4.69) is 17.1 Å². The number of nitrogens with zero attached hydrogens (tertiary/aromatic N) is 1. The monoisotopic (exact) mass is 264 g/mol. The predicted molar refractivity (Wildman–Crippen MR) is 81.4 cm³/mol. The van der Waals surface area contributed by atoms with Crippen LogP contribution in [-0.2, 0) is 0 Å². The molecule has 2 aliphatic carbocycles. The zero-order chi connectivity index (χ0) is 13.1. The Morgan fingerprint density at radius 1 is 1.00 bits per heavy atom. The van der Waals surface area contributed by atoms with Crippen molar-refractivity contribution in [2.45, 2.75) is 82.7 Å². The van der Waals surface area contributed by atoms with Gasteiger partial charge in [0, 0.05) is 31.2 Å². The molecule has 1 aliphatic heterocycles. The molecule has 1 N–H and O–H groups in total. The van der Waals surface area contributed by atoms with Gasteiger partial charge in [-0.05, 0) is 38.5 Å². The quantitative estimate of drug-likeness (QED) is 0.820. The second-order valence-electron chi connectivity index (χ2n) is 7.50. The summed E-state index contributed by atoms with van der Waals surface area (Å²) in [5.41, 5.74) is 0.486. The summed E-state index contributed by atoms with van der Waals surface area (Å²) in [4.78, 5) is 2.83. The van der Waals surface area contributed by atoms with Crippen molar-refractivity contribution in [3.05, 3.63) is 0 Å². The lowest BCUT2D eigenvalue weighted by Gasteiger charge is -2.50. The van der Waals surface area contributed by atoms with Gasteiger partial charge in [-0.25, -0.2) is 0 Å². The third kappa shape index (κ3) is 3.33. The third-order valence-corrected chi connectivity index (χ3v) is 5.93. The van der Waals surface area contributed by atoms with E-state index < -0.39 is 0 Å². The molecule has 0 radical (unpaired) electrons. The smallest absolute Gasteiger partial charge is 0.0309 e. The Balaban J connectivity index is 1.58. The molecular formula is C17H32N2. The van der Waals surface area contributed by atoms with Crippen molar-refractivity contribution in [3.63, 3.8) is 0 Å². The van der Waals surface area contributed by atoms with E-state index in [1.807, 2.05) is 0 Å². The van der Waals surface area contributed by atoms with Crippen molar-refractivity contribution in [2.75, 3.05) is 19.6 Å². The largest absolute Gasteiger partial charge is 0.308 e. The number of nitrogens with one attached hydrogen (secondary N) is 1. The summed E-state index contributed by atoms with van der Waals surface area (Å²) in [6.07, 6.45) is 14.6. The molecule has 110 valence electrons.